The van der Waals surface area contributed by atoms with E-state index < -0.39 is 0 Å². The molecule has 0 spiro atoms. The summed E-state index contributed by atoms with van der Waals surface area (Å²) in [4.78, 5) is 0. The third kappa shape index (κ3) is 3.50. The third-order valence-corrected chi connectivity index (χ3v) is 2.33. The van der Waals surface area contributed by atoms with Crippen LogP contribution in [0.2, 0.25) is 0 Å². The summed E-state index contributed by atoms with van der Waals surface area (Å²) in [5.41, 5.74) is 0. The van der Waals surface area contributed by atoms with E-state index in [1.54, 1.807) is 0 Å². The van der Waals surface area contributed by atoms with Crippen LogP contribution >= 0.6 is 15.9 Å². The fourth-order valence-corrected chi connectivity index (χ4v) is 1.37. The Morgan fingerprint density at radius 3 is 2.85 bits per heavy atom. The van der Waals surface area contributed by atoms with Crippen molar-refractivity contribution >= 4 is 15.9 Å². The molecular formula is C9H14BrNO2. The number of aliphatic hydroxyl groups excluding tert-OH is 1. The summed E-state index contributed by atoms with van der Waals surface area (Å²) in [5, 5.41) is 12.1. The Bertz CT molecular complexity index is 246. The van der Waals surface area contributed by atoms with Crippen molar-refractivity contribution in [2.45, 2.75) is 25.9 Å². The summed E-state index contributed by atoms with van der Waals surface area (Å²) >= 11 is 3.23. The smallest absolute Gasteiger partial charge is 0.169 e. The van der Waals surface area contributed by atoms with Crippen LogP contribution in [0.15, 0.2) is 21.2 Å². The van der Waals surface area contributed by atoms with Gasteiger partial charge in [-0.1, -0.05) is 6.92 Å². The second-order valence-electron chi connectivity index (χ2n) is 2.87. The van der Waals surface area contributed by atoms with Gasteiger partial charge in [0.25, 0.3) is 0 Å². The highest BCUT2D eigenvalue weighted by Gasteiger charge is 2.04. The summed E-state index contributed by atoms with van der Waals surface area (Å²) < 4.78 is 6.03. The number of furan rings is 1. The van der Waals surface area contributed by atoms with Gasteiger partial charge in [0.15, 0.2) is 4.67 Å². The van der Waals surface area contributed by atoms with Crippen LogP contribution < -0.4 is 5.32 Å². The van der Waals surface area contributed by atoms with Crippen molar-refractivity contribution in [2.24, 2.45) is 0 Å². The lowest BCUT2D eigenvalue weighted by molar-refractivity contribution is 0.235. The van der Waals surface area contributed by atoms with E-state index in [1.165, 1.54) is 0 Å². The molecule has 1 atom stereocenters. The quantitative estimate of drug-likeness (QED) is 0.836. The fourth-order valence-electron chi connectivity index (χ4n) is 1.03. The van der Waals surface area contributed by atoms with Gasteiger partial charge in [-0.2, -0.15) is 0 Å². The van der Waals surface area contributed by atoms with Gasteiger partial charge < -0.3 is 14.8 Å². The van der Waals surface area contributed by atoms with Gasteiger partial charge in [-0.3, -0.25) is 0 Å². The molecule has 0 aliphatic carbocycles. The minimum atomic E-state index is 0.156. The van der Waals surface area contributed by atoms with E-state index >= 15 is 0 Å². The van der Waals surface area contributed by atoms with Crippen LogP contribution in [0.1, 0.15) is 19.1 Å². The van der Waals surface area contributed by atoms with Crippen LogP contribution in [0.3, 0.4) is 0 Å². The second kappa shape index (κ2) is 5.42. The van der Waals surface area contributed by atoms with Crippen molar-refractivity contribution in [3.63, 3.8) is 0 Å². The molecule has 1 heterocycles. The molecule has 0 bridgehead atoms. The maximum Gasteiger partial charge on any atom is 0.169 e. The van der Waals surface area contributed by atoms with Crippen molar-refractivity contribution in [1.82, 2.24) is 5.32 Å². The highest BCUT2D eigenvalue weighted by atomic mass is 79.9. The average molecular weight is 248 g/mol. The number of rotatable bonds is 5. The summed E-state index contributed by atoms with van der Waals surface area (Å²) in [5.74, 6) is 0.874. The molecule has 1 aromatic heterocycles. The van der Waals surface area contributed by atoms with Gasteiger partial charge in [0, 0.05) is 6.04 Å². The number of halogens is 1. The zero-order valence-corrected chi connectivity index (χ0v) is 9.17. The van der Waals surface area contributed by atoms with Gasteiger partial charge in [0.1, 0.15) is 5.76 Å². The first-order valence-corrected chi connectivity index (χ1v) is 5.14. The first kappa shape index (κ1) is 10.8. The van der Waals surface area contributed by atoms with Gasteiger partial charge in [-0.25, -0.2) is 0 Å². The van der Waals surface area contributed by atoms with Crippen molar-refractivity contribution in [3.8, 4) is 0 Å². The van der Waals surface area contributed by atoms with Crippen LogP contribution in [-0.4, -0.2) is 17.8 Å². The van der Waals surface area contributed by atoms with E-state index in [-0.39, 0.29) is 12.6 Å². The molecule has 0 amide bonds. The normalized spacial score (nSPS) is 13.2. The molecule has 0 saturated heterocycles. The van der Waals surface area contributed by atoms with Gasteiger partial charge in [0.05, 0.1) is 13.2 Å². The van der Waals surface area contributed by atoms with E-state index in [2.05, 4.69) is 21.2 Å². The minimum absolute atomic E-state index is 0.156. The SMILES string of the molecule is CC[C@@H](CO)NCc1ccc(Br)o1. The topological polar surface area (TPSA) is 45.4 Å². The first-order chi connectivity index (χ1) is 6.26. The molecule has 0 aliphatic heterocycles. The Morgan fingerprint density at radius 1 is 1.62 bits per heavy atom. The summed E-state index contributed by atoms with van der Waals surface area (Å²) in [7, 11) is 0. The average Bonchev–Trinajstić information content (AvgIpc) is 2.53. The molecule has 74 valence electrons. The predicted molar refractivity (Wildman–Crippen MR) is 54.4 cm³/mol. The standard InChI is InChI=1S/C9H14BrNO2/c1-2-7(6-12)11-5-8-3-4-9(10)13-8/h3-4,7,11-12H,2,5-6H2,1H3/t7-/m0/s1. The predicted octanol–water partition coefficient (Wildman–Crippen LogP) is 1.90. The maximum absolute atomic E-state index is 8.91. The van der Waals surface area contributed by atoms with Crippen LogP contribution in [-0.2, 0) is 6.54 Å². The molecule has 0 fully saturated rings. The molecule has 2 N–H and O–H groups in total. The second-order valence-corrected chi connectivity index (χ2v) is 3.66. The molecule has 0 aliphatic rings. The lowest BCUT2D eigenvalue weighted by Gasteiger charge is -2.12. The molecule has 1 rings (SSSR count). The van der Waals surface area contributed by atoms with Gasteiger partial charge in [-0.05, 0) is 34.5 Å². The van der Waals surface area contributed by atoms with Crippen LogP contribution in [0, 0.1) is 0 Å². The lowest BCUT2D eigenvalue weighted by atomic mass is 10.2. The highest BCUT2D eigenvalue weighted by Crippen LogP contribution is 2.13. The zero-order valence-electron chi connectivity index (χ0n) is 7.59. The number of aliphatic hydroxyl groups is 1. The molecule has 1 aromatic rings. The lowest BCUT2D eigenvalue weighted by Crippen LogP contribution is -2.30. The Kier molecular flexibility index (Phi) is 4.48. The van der Waals surface area contributed by atoms with E-state index in [4.69, 9.17) is 9.52 Å². The molecule has 4 heteroatoms. The van der Waals surface area contributed by atoms with Crippen molar-refractivity contribution < 1.29 is 9.52 Å². The monoisotopic (exact) mass is 247 g/mol. The first-order valence-electron chi connectivity index (χ1n) is 4.34. The third-order valence-electron chi connectivity index (χ3n) is 1.91. The van der Waals surface area contributed by atoms with Crippen LogP contribution in [0.5, 0.6) is 0 Å². The van der Waals surface area contributed by atoms with Crippen LogP contribution in [0.25, 0.3) is 0 Å². The summed E-state index contributed by atoms with van der Waals surface area (Å²) in [6.07, 6.45) is 0.915. The highest BCUT2D eigenvalue weighted by molar-refractivity contribution is 9.10. The van der Waals surface area contributed by atoms with Crippen LogP contribution in [0.4, 0.5) is 0 Å². The van der Waals surface area contributed by atoms with Gasteiger partial charge in [0.2, 0.25) is 0 Å². The van der Waals surface area contributed by atoms with E-state index in [9.17, 15) is 0 Å². The number of nitrogens with one attached hydrogen (secondary N) is 1. The Morgan fingerprint density at radius 2 is 2.38 bits per heavy atom. The summed E-state index contributed by atoms with van der Waals surface area (Å²) in [6, 6.07) is 3.92. The number of hydrogen-bond donors (Lipinski definition) is 2. The molecule has 3 nitrogen and oxygen atoms in total. The molecular weight excluding hydrogens is 234 g/mol. The Labute approximate surface area is 86.3 Å². The fraction of sp³-hybridized carbons (Fsp3) is 0.556. The summed E-state index contributed by atoms with van der Waals surface area (Å²) in [6.45, 7) is 2.86. The van der Waals surface area contributed by atoms with Gasteiger partial charge >= 0.3 is 0 Å². The van der Waals surface area contributed by atoms with Crippen molar-refractivity contribution in [1.29, 1.82) is 0 Å². The Hall–Kier alpha value is -0.320. The van der Waals surface area contributed by atoms with E-state index in [0.29, 0.717) is 6.54 Å². The molecule has 0 aromatic carbocycles. The number of hydrogen-bond acceptors (Lipinski definition) is 3. The zero-order chi connectivity index (χ0) is 9.68. The largest absolute Gasteiger partial charge is 0.453 e. The minimum Gasteiger partial charge on any atom is -0.453 e. The molecule has 0 saturated carbocycles. The molecule has 0 unspecified atom stereocenters. The molecule has 0 radical (unpaired) electrons. The van der Waals surface area contributed by atoms with Crippen molar-refractivity contribution in [3.05, 3.63) is 22.6 Å². The van der Waals surface area contributed by atoms with Crippen molar-refractivity contribution in [2.75, 3.05) is 6.61 Å². The van der Waals surface area contributed by atoms with Gasteiger partial charge in [-0.15, -0.1) is 0 Å². The Balaban J connectivity index is 2.33. The maximum atomic E-state index is 8.91. The van der Waals surface area contributed by atoms with E-state index in [1.807, 2.05) is 19.1 Å². The van der Waals surface area contributed by atoms with E-state index in [0.717, 1.165) is 16.9 Å². The molecule has 13 heavy (non-hydrogen) atoms.